The van der Waals surface area contributed by atoms with Crippen LogP contribution in [0.2, 0.25) is 0 Å². The van der Waals surface area contributed by atoms with Crippen LogP contribution in [0.15, 0.2) is 54.6 Å². The van der Waals surface area contributed by atoms with E-state index in [9.17, 15) is 19.5 Å². The molecule has 5 atom stereocenters. The molecule has 0 saturated carbocycles. The molecule has 0 aliphatic carbocycles. The minimum absolute atomic E-state index is 0.0741. The zero-order valence-corrected chi connectivity index (χ0v) is 26.5. The number of nitrogens with one attached hydrogen (secondary N) is 2. The minimum atomic E-state index is -0.649. The second-order valence-corrected chi connectivity index (χ2v) is 14.2. The summed E-state index contributed by atoms with van der Waals surface area (Å²) >= 11 is 1.70. The standard InChI is InChI=1S/C34H46N4O4S/c1-4-37(5-2)26-17-15-25(16-18-26)36-31(41)29-34-20-19-33(3,43-34)27(30(40)35-23-24-13-9-8-10-14-24)28(34)32(42)38(29)21-11-6-7-12-22-39/h8-10,13-18,27-29,39H,4-7,11-12,19-23H2,1-3H3,(H,35,40)(H,36,41)/t27-,28+,29?,33+,34?/m1/s1. The lowest BCUT2D eigenvalue weighted by molar-refractivity contribution is -0.140. The van der Waals surface area contributed by atoms with E-state index < -0.39 is 27.4 Å². The quantitative estimate of drug-likeness (QED) is 0.267. The first-order valence-corrected chi connectivity index (χ1v) is 16.7. The van der Waals surface area contributed by atoms with Gasteiger partial charge in [-0.15, -0.1) is 11.8 Å². The monoisotopic (exact) mass is 606 g/mol. The Morgan fingerprint density at radius 3 is 2.35 bits per heavy atom. The van der Waals surface area contributed by atoms with Gasteiger partial charge in [0.1, 0.15) is 6.04 Å². The molecule has 43 heavy (non-hydrogen) atoms. The Bertz CT molecular complexity index is 1290. The van der Waals surface area contributed by atoms with Crippen LogP contribution in [0.3, 0.4) is 0 Å². The van der Waals surface area contributed by atoms with E-state index in [0.717, 1.165) is 62.9 Å². The molecule has 0 aromatic heterocycles. The predicted octanol–water partition coefficient (Wildman–Crippen LogP) is 4.82. The molecular weight excluding hydrogens is 560 g/mol. The van der Waals surface area contributed by atoms with Gasteiger partial charge in [-0.3, -0.25) is 14.4 Å². The van der Waals surface area contributed by atoms with Crippen molar-refractivity contribution in [1.29, 1.82) is 0 Å². The number of carbonyl (C=O) groups is 3. The van der Waals surface area contributed by atoms with Gasteiger partial charge in [0.2, 0.25) is 17.7 Å². The normalized spacial score (nSPS) is 27.3. The Balaban J connectivity index is 1.39. The topological polar surface area (TPSA) is 102 Å². The summed E-state index contributed by atoms with van der Waals surface area (Å²) in [5.41, 5.74) is 2.82. The van der Waals surface area contributed by atoms with Crippen LogP contribution < -0.4 is 15.5 Å². The molecule has 2 unspecified atom stereocenters. The molecule has 3 N–H and O–H groups in total. The lowest BCUT2D eigenvalue weighted by Crippen LogP contribution is -2.52. The van der Waals surface area contributed by atoms with E-state index in [2.05, 4.69) is 36.3 Å². The average Bonchev–Trinajstić information content (AvgIpc) is 3.58. The fourth-order valence-corrected chi connectivity index (χ4v) is 9.92. The number of aliphatic hydroxyl groups excluding tert-OH is 1. The highest BCUT2D eigenvalue weighted by Gasteiger charge is 2.77. The number of aliphatic hydroxyl groups is 1. The Hall–Kier alpha value is -3.04. The Kier molecular flexibility index (Phi) is 9.71. The number of hydrogen-bond acceptors (Lipinski definition) is 6. The third-order valence-corrected chi connectivity index (χ3v) is 11.7. The molecule has 3 amide bonds. The number of nitrogens with zero attached hydrogens (tertiary/aromatic N) is 2. The third-order valence-electron chi connectivity index (χ3n) is 9.69. The summed E-state index contributed by atoms with van der Waals surface area (Å²) in [7, 11) is 0. The number of likely N-dealkylation sites (tertiary alicyclic amines) is 1. The van der Waals surface area contributed by atoms with Gasteiger partial charge in [0, 0.05) is 48.9 Å². The minimum Gasteiger partial charge on any atom is -0.396 e. The first-order valence-electron chi connectivity index (χ1n) is 15.9. The van der Waals surface area contributed by atoms with Crippen molar-refractivity contribution in [2.45, 2.75) is 81.4 Å². The highest BCUT2D eigenvalue weighted by molar-refractivity contribution is 8.02. The van der Waals surface area contributed by atoms with Gasteiger partial charge in [-0.25, -0.2) is 0 Å². The Labute approximate surface area is 260 Å². The molecule has 9 heteroatoms. The first-order chi connectivity index (χ1) is 20.8. The van der Waals surface area contributed by atoms with E-state index in [1.54, 1.807) is 16.7 Å². The maximum Gasteiger partial charge on any atom is 0.248 e. The number of carbonyl (C=O) groups excluding carboxylic acids is 3. The highest BCUT2D eigenvalue weighted by atomic mass is 32.2. The van der Waals surface area contributed by atoms with E-state index in [-0.39, 0.29) is 24.3 Å². The molecule has 5 rings (SSSR count). The van der Waals surface area contributed by atoms with Crippen molar-refractivity contribution < 1.29 is 19.5 Å². The van der Waals surface area contributed by atoms with Crippen LogP contribution in [0.25, 0.3) is 0 Å². The zero-order chi connectivity index (χ0) is 30.6. The number of amides is 3. The zero-order valence-electron chi connectivity index (χ0n) is 25.7. The van der Waals surface area contributed by atoms with Crippen molar-refractivity contribution in [3.05, 3.63) is 60.2 Å². The summed E-state index contributed by atoms with van der Waals surface area (Å²) in [4.78, 5) is 46.3. The number of unbranched alkanes of at least 4 members (excludes halogenated alkanes) is 3. The van der Waals surface area contributed by atoms with Crippen LogP contribution in [-0.4, -0.2) is 69.5 Å². The van der Waals surface area contributed by atoms with Gasteiger partial charge < -0.3 is 25.5 Å². The molecule has 2 bridgehead atoms. The van der Waals surface area contributed by atoms with Gasteiger partial charge in [-0.1, -0.05) is 43.2 Å². The fourth-order valence-electron chi connectivity index (χ4n) is 7.57. The Morgan fingerprint density at radius 2 is 1.67 bits per heavy atom. The van der Waals surface area contributed by atoms with Crippen molar-refractivity contribution in [3.63, 3.8) is 0 Å². The number of benzene rings is 2. The van der Waals surface area contributed by atoms with Gasteiger partial charge in [-0.05, 0) is 76.3 Å². The van der Waals surface area contributed by atoms with Crippen LogP contribution >= 0.6 is 11.8 Å². The smallest absolute Gasteiger partial charge is 0.248 e. The maximum absolute atomic E-state index is 14.3. The second-order valence-electron chi connectivity index (χ2n) is 12.3. The predicted molar refractivity (Wildman–Crippen MR) is 173 cm³/mol. The number of anilines is 2. The van der Waals surface area contributed by atoms with Crippen LogP contribution in [-0.2, 0) is 20.9 Å². The molecule has 3 aliphatic rings. The molecule has 1 spiro atoms. The van der Waals surface area contributed by atoms with Crippen LogP contribution in [0, 0.1) is 11.8 Å². The SMILES string of the molecule is CCN(CC)c1ccc(NC(=O)C2N(CCCCCCO)C(=O)[C@@H]3[C@H](C(=O)NCc4ccccc4)[C@]4(C)CCC23S4)cc1. The molecule has 232 valence electrons. The van der Waals surface area contributed by atoms with Crippen molar-refractivity contribution in [2.75, 3.05) is 36.5 Å². The van der Waals surface area contributed by atoms with Crippen molar-refractivity contribution >= 4 is 40.9 Å². The van der Waals surface area contributed by atoms with Crippen LogP contribution in [0.1, 0.15) is 64.9 Å². The van der Waals surface area contributed by atoms with E-state index >= 15 is 0 Å². The van der Waals surface area contributed by atoms with Crippen molar-refractivity contribution in [1.82, 2.24) is 10.2 Å². The largest absolute Gasteiger partial charge is 0.396 e. The van der Waals surface area contributed by atoms with Crippen molar-refractivity contribution in [3.8, 4) is 0 Å². The molecule has 3 heterocycles. The van der Waals surface area contributed by atoms with Gasteiger partial charge in [0.25, 0.3) is 0 Å². The van der Waals surface area contributed by atoms with Crippen molar-refractivity contribution in [2.24, 2.45) is 11.8 Å². The highest BCUT2D eigenvalue weighted by Crippen LogP contribution is 2.71. The number of thioether (sulfide) groups is 1. The summed E-state index contributed by atoms with van der Waals surface area (Å²) in [5.74, 6) is -1.38. The van der Waals surface area contributed by atoms with Crippen LogP contribution in [0.4, 0.5) is 11.4 Å². The molecular formula is C34H46N4O4S. The van der Waals surface area contributed by atoms with Gasteiger partial charge in [0.15, 0.2) is 0 Å². The molecule has 3 saturated heterocycles. The van der Waals surface area contributed by atoms with E-state index in [1.165, 1.54) is 0 Å². The van der Waals surface area contributed by atoms with Gasteiger partial charge in [0.05, 0.1) is 16.6 Å². The average molecular weight is 607 g/mol. The number of fused-ring (bicyclic) bond motifs is 1. The second kappa shape index (κ2) is 13.3. The fraction of sp³-hybridized carbons (Fsp3) is 0.559. The lowest BCUT2D eigenvalue weighted by Gasteiger charge is -2.35. The van der Waals surface area contributed by atoms with E-state index in [4.69, 9.17) is 0 Å². The molecule has 3 fully saturated rings. The third kappa shape index (κ3) is 6.03. The number of rotatable bonds is 14. The molecule has 2 aromatic rings. The molecule has 0 radical (unpaired) electrons. The summed E-state index contributed by atoms with van der Waals surface area (Å²) in [5, 5.41) is 15.5. The summed E-state index contributed by atoms with van der Waals surface area (Å²) in [6, 6.07) is 17.1. The first kappa shape index (κ1) is 31.4. The lowest BCUT2D eigenvalue weighted by atomic mass is 9.66. The van der Waals surface area contributed by atoms with E-state index in [1.807, 2.05) is 54.6 Å². The van der Waals surface area contributed by atoms with Crippen LogP contribution in [0.5, 0.6) is 0 Å². The summed E-state index contributed by atoms with van der Waals surface area (Å²) in [6.45, 7) is 9.18. The summed E-state index contributed by atoms with van der Waals surface area (Å²) < 4.78 is -1.05. The maximum atomic E-state index is 14.3. The molecule has 8 nitrogen and oxygen atoms in total. The summed E-state index contributed by atoms with van der Waals surface area (Å²) in [6.07, 6.45) is 4.75. The number of hydrogen-bond donors (Lipinski definition) is 3. The molecule has 2 aromatic carbocycles. The van der Waals surface area contributed by atoms with E-state index in [0.29, 0.717) is 18.8 Å². The van der Waals surface area contributed by atoms with Gasteiger partial charge >= 0.3 is 0 Å². The molecule has 3 aliphatic heterocycles. The Morgan fingerprint density at radius 1 is 0.977 bits per heavy atom. The van der Waals surface area contributed by atoms with Gasteiger partial charge in [-0.2, -0.15) is 0 Å².